The van der Waals surface area contributed by atoms with Gasteiger partial charge in [-0.3, -0.25) is 19.3 Å². The van der Waals surface area contributed by atoms with Gasteiger partial charge in [-0.1, -0.05) is 29.8 Å². The lowest BCUT2D eigenvalue weighted by molar-refractivity contribution is -0.135. The van der Waals surface area contributed by atoms with Crippen molar-refractivity contribution in [2.45, 2.75) is 24.4 Å². The number of para-hydroxylation sites is 1. The molecule has 2 aromatic rings. The third-order valence-corrected chi connectivity index (χ3v) is 7.24. The molecule has 0 aromatic heterocycles. The zero-order chi connectivity index (χ0) is 19.9. The smallest absolute Gasteiger partial charge is 0.250 e. The highest BCUT2D eigenvalue weighted by Crippen LogP contribution is 2.60. The summed E-state index contributed by atoms with van der Waals surface area (Å²) in [6.45, 7) is 0.709. The third kappa shape index (κ3) is 1.93. The summed E-state index contributed by atoms with van der Waals surface area (Å²) in [6.07, 6.45) is 1.72. The highest BCUT2D eigenvalue weighted by atomic mass is 35.5. The molecule has 29 heavy (non-hydrogen) atoms. The lowest BCUT2D eigenvalue weighted by Crippen LogP contribution is -2.54. The second-order valence-electron chi connectivity index (χ2n) is 8.16. The molecule has 3 amide bonds. The predicted octanol–water partition coefficient (Wildman–Crippen LogP) is 2.77. The van der Waals surface area contributed by atoms with Crippen LogP contribution in [0.15, 0.2) is 48.5 Å². The summed E-state index contributed by atoms with van der Waals surface area (Å²) in [6, 6.07) is 14.1. The molecule has 7 heteroatoms. The van der Waals surface area contributed by atoms with E-state index >= 15 is 0 Å². The summed E-state index contributed by atoms with van der Waals surface area (Å²) in [7, 11) is 0. The minimum Gasteiger partial charge on any atom is -0.324 e. The topological polar surface area (TPSA) is 69.7 Å². The maximum absolute atomic E-state index is 13.7. The number of nitrogens with one attached hydrogen (secondary N) is 1. The first-order chi connectivity index (χ1) is 14.0. The summed E-state index contributed by atoms with van der Waals surface area (Å²) >= 11 is 5.99. The van der Waals surface area contributed by atoms with Gasteiger partial charge in [0.05, 0.1) is 17.5 Å². The highest BCUT2D eigenvalue weighted by Gasteiger charge is 2.74. The monoisotopic (exact) mass is 407 g/mol. The van der Waals surface area contributed by atoms with Crippen molar-refractivity contribution in [2.75, 3.05) is 16.8 Å². The summed E-state index contributed by atoms with van der Waals surface area (Å²) in [5, 5.41) is 3.51. The van der Waals surface area contributed by atoms with Gasteiger partial charge in [-0.05, 0) is 49.7 Å². The van der Waals surface area contributed by atoms with E-state index in [9.17, 15) is 14.4 Å². The second kappa shape index (κ2) is 5.68. The van der Waals surface area contributed by atoms with Crippen molar-refractivity contribution < 1.29 is 14.4 Å². The van der Waals surface area contributed by atoms with Crippen LogP contribution in [-0.2, 0) is 19.9 Å². The molecule has 4 atom stereocenters. The minimum absolute atomic E-state index is 0.106. The third-order valence-electron chi connectivity index (χ3n) is 6.98. The molecule has 1 spiro atoms. The van der Waals surface area contributed by atoms with E-state index in [-0.39, 0.29) is 23.8 Å². The molecule has 146 valence electrons. The molecule has 3 saturated heterocycles. The number of nitrogens with zero attached hydrogens (tertiary/aromatic N) is 2. The predicted molar refractivity (Wildman–Crippen MR) is 107 cm³/mol. The minimum atomic E-state index is -1.11. The Balaban J connectivity index is 1.55. The van der Waals surface area contributed by atoms with Crippen LogP contribution < -0.4 is 10.2 Å². The molecular formula is C22H18ClN3O3. The molecule has 6 rings (SSSR count). The fourth-order valence-corrected chi connectivity index (χ4v) is 6.13. The molecule has 0 saturated carbocycles. The number of anilines is 2. The largest absolute Gasteiger partial charge is 0.324 e. The number of hydrogen-bond donors (Lipinski definition) is 1. The van der Waals surface area contributed by atoms with Gasteiger partial charge in [0.2, 0.25) is 17.7 Å². The number of halogens is 1. The number of amides is 3. The number of carbonyl (C=O) groups excluding carboxylic acids is 3. The Hall–Kier alpha value is -2.70. The van der Waals surface area contributed by atoms with Crippen molar-refractivity contribution in [1.29, 1.82) is 0 Å². The number of carbonyl (C=O) groups is 3. The standard InChI is InChI=1S/C22H18ClN3O3/c23-12-7-9-13(10-8-12)26-19(27)17-16-6-3-11-25(16)22(18(17)20(26)28)14-4-1-2-5-15(14)24-21(22)29/h1-2,4-5,7-10,16-18H,3,6,11H2,(H,24,29)/t16-,17+,18-,22+/m0/s1. The fraction of sp³-hybridized carbons (Fsp3) is 0.318. The van der Waals surface area contributed by atoms with Crippen molar-refractivity contribution in [2.24, 2.45) is 11.8 Å². The first-order valence-electron chi connectivity index (χ1n) is 9.86. The van der Waals surface area contributed by atoms with E-state index in [1.54, 1.807) is 24.3 Å². The van der Waals surface area contributed by atoms with Crippen LogP contribution in [-0.4, -0.2) is 35.2 Å². The van der Waals surface area contributed by atoms with Gasteiger partial charge in [0.15, 0.2) is 0 Å². The Morgan fingerprint density at radius 1 is 1.00 bits per heavy atom. The SMILES string of the molecule is O=C1[C@H]2[C@@H](C(=O)N1c1ccc(Cl)cc1)[C@]1(C(=O)Nc3ccccc31)N1CCC[C@@H]21. The van der Waals surface area contributed by atoms with E-state index < -0.39 is 17.4 Å². The summed E-state index contributed by atoms with van der Waals surface area (Å²) in [5.41, 5.74) is 0.929. The van der Waals surface area contributed by atoms with Crippen molar-refractivity contribution in [3.63, 3.8) is 0 Å². The Labute approximate surface area is 172 Å². The van der Waals surface area contributed by atoms with Crippen LogP contribution in [0.2, 0.25) is 5.02 Å². The van der Waals surface area contributed by atoms with Crippen molar-refractivity contribution >= 4 is 40.7 Å². The molecule has 6 nitrogen and oxygen atoms in total. The second-order valence-corrected chi connectivity index (χ2v) is 8.60. The summed E-state index contributed by atoms with van der Waals surface area (Å²) in [5.74, 6) is -1.95. The molecule has 0 unspecified atom stereocenters. The van der Waals surface area contributed by atoms with Crippen LogP contribution in [0, 0.1) is 11.8 Å². The molecule has 4 aliphatic heterocycles. The molecule has 0 aliphatic carbocycles. The summed E-state index contributed by atoms with van der Waals surface area (Å²) < 4.78 is 0. The first kappa shape index (κ1) is 17.2. The first-order valence-corrected chi connectivity index (χ1v) is 10.2. The Bertz CT molecular complexity index is 1080. The van der Waals surface area contributed by atoms with E-state index in [2.05, 4.69) is 10.2 Å². The molecule has 4 heterocycles. The van der Waals surface area contributed by atoms with Crippen LogP contribution >= 0.6 is 11.6 Å². The molecule has 2 aromatic carbocycles. The fourth-order valence-electron chi connectivity index (χ4n) is 6.00. The zero-order valence-corrected chi connectivity index (χ0v) is 16.2. The van der Waals surface area contributed by atoms with Crippen LogP contribution in [0.25, 0.3) is 0 Å². The van der Waals surface area contributed by atoms with Gasteiger partial charge in [-0.15, -0.1) is 0 Å². The van der Waals surface area contributed by atoms with Crippen LogP contribution in [0.5, 0.6) is 0 Å². The molecule has 0 radical (unpaired) electrons. The Kier molecular flexibility index (Phi) is 3.36. The van der Waals surface area contributed by atoms with E-state index in [1.165, 1.54) is 4.90 Å². The lowest BCUT2D eigenvalue weighted by Gasteiger charge is -2.36. The molecule has 3 fully saturated rings. The van der Waals surface area contributed by atoms with Gasteiger partial charge in [0.1, 0.15) is 5.54 Å². The Morgan fingerprint density at radius 2 is 1.76 bits per heavy atom. The van der Waals surface area contributed by atoms with Gasteiger partial charge in [-0.25, -0.2) is 4.90 Å². The van der Waals surface area contributed by atoms with Gasteiger partial charge in [-0.2, -0.15) is 0 Å². The van der Waals surface area contributed by atoms with E-state index in [0.717, 1.165) is 24.1 Å². The van der Waals surface area contributed by atoms with E-state index in [1.807, 2.05) is 24.3 Å². The van der Waals surface area contributed by atoms with Gasteiger partial charge in [0, 0.05) is 22.3 Å². The normalized spacial score (nSPS) is 32.7. The van der Waals surface area contributed by atoms with E-state index in [4.69, 9.17) is 11.6 Å². The van der Waals surface area contributed by atoms with Crippen LogP contribution in [0.1, 0.15) is 18.4 Å². The van der Waals surface area contributed by atoms with Crippen molar-refractivity contribution in [3.05, 3.63) is 59.1 Å². The highest BCUT2D eigenvalue weighted by molar-refractivity contribution is 6.31. The van der Waals surface area contributed by atoms with Gasteiger partial charge in [0.25, 0.3) is 0 Å². The average molecular weight is 408 g/mol. The van der Waals surface area contributed by atoms with Crippen molar-refractivity contribution in [3.8, 4) is 0 Å². The average Bonchev–Trinajstić information content (AvgIpc) is 3.41. The van der Waals surface area contributed by atoms with Crippen LogP contribution in [0.3, 0.4) is 0 Å². The molecule has 4 aliphatic rings. The summed E-state index contributed by atoms with van der Waals surface area (Å²) in [4.78, 5) is 44.0. The van der Waals surface area contributed by atoms with Crippen LogP contribution in [0.4, 0.5) is 11.4 Å². The number of benzene rings is 2. The van der Waals surface area contributed by atoms with Crippen molar-refractivity contribution in [1.82, 2.24) is 4.90 Å². The maximum Gasteiger partial charge on any atom is 0.250 e. The molecule has 1 N–H and O–H groups in total. The number of rotatable bonds is 1. The molecule has 0 bridgehead atoms. The van der Waals surface area contributed by atoms with E-state index in [0.29, 0.717) is 17.3 Å². The zero-order valence-electron chi connectivity index (χ0n) is 15.5. The van der Waals surface area contributed by atoms with Gasteiger partial charge >= 0.3 is 0 Å². The maximum atomic E-state index is 13.7. The van der Waals surface area contributed by atoms with Gasteiger partial charge < -0.3 is 5.32 Å². The number of fused-ring (bicyclic) bond motifs is 7. The number of imide groups is 1. The Morgan fingerprint density at radius 3 is 2.55 bits per heavy atom. The quantitative estimate of drug-likeness (QED) is 0.738. The number of hydrogen-bond acceptors (Lipinski definition) is 4. The molecular weight excluding hydrogens is 390 g/mol. The lowest BCUT2D eigenvalue weighted by atomic mass is 9.75.